The zero-order valence-electron chi connectivity index (χ0n) is 19.6. The minimum Gasteiger partial charge on any atom is -0.454 e. The lowest BCUT2D eigenvalue weighted by atomic mass is 10.1. The summed E-state index contributed by atoms with van der Waals surface area (Å²) in [5.41, 5.74) is 3.02. The summed E-state index contributed by atoms with van der Waals surface area (Å²) in [4.78, 5) is 41.6. The van der Waals surface area contributed by atoms with Gasteiger partial charge >= 0.3 is 5.97 Å². The molecule has 3 aromatic carbocycles. The quantitative estimate of drug-likeness (QED) is 0.496. The second kappa shape index (κ2) is 11.7. The maximum atomic E-state index is 12.9. The van der Waals surface area contributed by atoms with Crippen molar-refractivity contribution in [2.45, 2.75) is 12.6 Å². The molecule has 0 spiro atoms. The number of amides is 2. The summed E-state index contributed by atoms with van der Waals surface area (Å²) < 4.78 is 5.32. The van der Waals surface area contributed by atoms with Crippen LogP contribution in [0.1, 0.15) is 27.5 Å². The zero-order valence-corrected chi connectivity index (χ0v) is 19.6. The number of benzene rings is 3. The molecule has 1 unspecified atom stereocenters. The van der Waals surface area contributed by atoms with Gasteiger partial charge < -0.3 is 19.9 Å². The summed E-state index contributed by atoms with van der Waals surface area (Å²) >= 11 is 0. The van der Waals surface area contributed by atoms with Crippen molar-refractivity contribution >= 4 is 23.5 Å². The van der Waals surface area contributed by atoms with Crippen LogP contribution in [0, 0.1) is 0 Å². The molecule has 0 aliphatic rings. The lowest BCUT2D eigenvalue weighted by Crippen LogP contribution is -2.37. The molecule has 0 aliphatic heterocycles. The maximum Gasteiger partial charge on any atom is 0.333 e. The van der Waals surface area contributed by atoms with Crippen LogP contribution >= 0.6 is 0 Å². The number of carbonyl (C=O) groups excluding carboxylic acids is 3. The lowest BCUT2D eigenvalue weighted by molar-refractivity contribution is -0.153. The minimum atomic E-state index is -1.04. The molecule has 0 bridgehead atoms. The third kappa shape index (κ3) is 6.68. The van der Waals surface area contributed by atoms with Gasteiger partial charge in [0.15, 0.2) is 12.6 Å². The van der Waals surface area contributed by atoms with E-state index in [0.29, 0.717) is 17.7 Å². The monoisotopic (exact) mass is 459 g/mol. The summed E-state index contributed by atoms with van der Waals surface area (Å²) in [6, 6.07) is 24.2. The molecule has 0 saturated heterocycles. The summed E-state index contributed by atoms with van der Waals surface area (Å²) in [6.45, 7) is -0.0351. The molecule has 0 fully saturated rings. The van der Waals surface area contributed by atoms with E-state index in [4.69, 9.17) is 4.74 Å². The Balaban J connectivity index is 1.61. The molecule has 7 heteroatoms. The van der Waals surface area contributed by atoms with Crippen molar-refractivity contribution in [2.75, 3.05) is 32.6 Å². The largest absolute Gasteiger partial charge is 0.454 e. The van der Waals surface area contributed by atoms with Crippen LogP contribution in [0.4, 0.5) is 5.69 Å². The molecule has 34 heavy (non-hydrogen) atoms. The van der Waals surface area contributed by atoms with E-state index in [1.807, 2.05) is 49.3 Å². The minimum absolute atomic E-state index is 0.341. The van der Waals surface area contributed by atoms with Crippen molar-refractivity contribution < 1.29 is 19.1 Å². The molecule has 1 N–H and O–H groups in total. The molecule has 3 aromatic rings. The van der Waals surface area contributed by atoms with Gasteiger partial charge in [0.1, 0.15) is 0 Å². The molecular weight excluding hydrogens is 430 g/mol. The predicted molar refractivity (Wildman–Crippen MR) is 131 cm³/mol. The summed E-state index contributed by atoms with van der Waals surface area (Å²) in [5.74, 6) is -1.45. The molecule has 0 saturated carbocycles. The third-order valence-corrected chi connectivity index (χ3v) is 5.32. The van der Waals surface area contributed by atoms with Gasteiger partial charge in [0.05, 0.1) is 0 Å². The highest BCUT2D eigenvalue weighted by Gasteiger charge is 2.26. The van der Waals surface area contributed by atoms with Crippen molar-refractivity contribution in [2.24, 2.45) is 0 Å². The predicted octanol–water partition coefficient (Wildman–Crippen LogP) is 3.43. The lowest BCUT2D eigenvalue weighted by Gasteiger charge is -2.21. The second-order valence-corrected chi connectivity index (χ2v) is 8.10. The van der Waals surface area contributed by atoms with Gasteiger partial charge in [-0.25, -0.2) is 4.79 Å². The number of anilines is 1. The Labute approximate surface area is 199 Å². The molecule has 1 atom stereocenters. The Morgan fingerprint density at radius 2 is 1.41 bits per heavy atom. The van der Waals surface area contributed by atoms with Crippen molar-refractivity contribution in [3.8, 4) is 0 Å². The molecule has 0 radical (unpaired) electrons. The number of ether oxygens (including phenoxy) is 1. The number of carbonyl (C=O) groups is 3. The standard InChI is InChI=1S/C27H29N3O4/c1-29(2)23-16-14-20(15-17-23)18-30(3)24(31)19-34-27(33)25(21-10-6-4-7-11-21)28-26(32)22-12-8-5-9-13-22/h4-17,25H,18-19H2,1-3H3,(H,28,32). The number of nitrogens with zero attached hydrogens (tertiary/aromatic N) is 2. The van der Waals surface area contributed by atoms with Gasteiger partial charge in [-0.1, -0.05) is 60.7 Å². The van der Waals surface area contributed by atoms with Crippen LogP contribution in [-0.2, 0) is 20.9 Å². The third-order valence-electron chi connectivity index (χ3n) is 5.32. The average Bonchev–Trinajstić information content (AvgIpc) is 2.86. The molecule has 3 rings (SSSR count). The van der Waals surface area contributed by atoms with E-state index in [1.54, 1.807) is 61.6 Å². The fourth-order valence-corrected chi connectivity index (χ4v) is 3.32. The van der Waals surface area contributed by atoms with Gasteiger partial charge in [-0.3, -0.25) is 9.59 Å². The van der Waals surface area contributed by atoms with E-state index in [2.05, 4.69) is 5.32 Å². The van der Waals surface area contributed by atoms with Crippen molar-refractivity contribution in [3.63, 3.8) is 0 Å². The molecule has 7 nitrogen and oxygen atoms in total. The van der Waals surface area contributed by atoms with Gasteiger partial charge in [0, 0.05) is 38.9 Å². The molecule has 0 aliphatic carbocycles. The Bertz CT molecular complexity index is 1100. The molecular formula is C27H29N3O4. The topological polar surface area (TPSA) is 79.0 Å². The number of hydrogen-bond donors (Lipinski definition) is 1. The van der Waals surface area contributed by atoms with Gasteiger partial charge in [-0.15, -0.1) is 0 Å². The van der Waals surface area contributed by atoms with E-state index in [1.165, 1.54) is 4.90 Å². The van der Waals surface area contributed by atoms with Crippen molar-refractivity contribution in [1.82, 2.24) is 10.2 Å². The molecule has 176 valence electrons. The van der Waals surface area contributed by atoms with Gasteiger partial charge in [-0.2, -0.15) is 0 Å². The average molecular weight is 460 g/mol. The van der Waals surface area contributed by atoms with Crippen LogP contribution in [0.5, 0.6) is 0 Å². The molecule has 0 heterocycles. The number of likely N-dealkylation sites (N-methyl/N-ethyl adjacent to an activating group) is 1. The smallest absolute Gasteiger partial charge is 0.333 e. The van der Waals surface area contributed by atoms with Crippen LogP contribution in [0.2, 0.25) is 0 Å². The summed E-state index contributed by atoms with van der Waals surface area (Å²) in [7, 11) is 5.58. The van der Waals surface area contributed by atoms with Crippen LogP contribution in [-0.4, -0.2) is 50.4 Å². The zero-order chi connectivity index (χ0) is 24.5. The van der Waals surface area contributed by atoms with Crippen LogP contribution in [0.25, 0.3) is 0 Å². The van der Waals surface area contributed by atoms with E-state index in [9.17, 15) is 14.4 Å². The number of esters is 1. The van der Waals surface area contributed by atoms with E-state index in [0.717, 1.165) is 11.3 Å². The van der Waals surface area contributed by atoms with Crippen LogP contribution < -0.4 is 10.2 Å². The highest BCUT2D eigenvalue weighted by Crippen LogP contribution is 2.16. The first-order valence-corrected chi connectivity index (χ1v) is 10.9. The Hall–Kier alpha value is -4.13. The van der Waals surface area contributed by atoms with E-state index < -0.39 is 24.5 Å². The number of nitrogens with one attached hydrogen (secondary N) is 1. The van der Waals surface area contributed by atoms with Crippen molar-refractivity contribution in [1.29, 1.82) is 0 Å². The number of hydrogen-bond acceptors (Lipinski definition) is 5. The Kier molecular flexibility index (Phi) is 8.40. The van der Waals surface area contributed by atoms with Crippen LogP contribution in [0.15, 0.2) is 84.9 Å². The summed E-state index contributed by atoms with van der Waals surface area (Å²) in [5, 5.41) is 2.71. The fourth-order valence-electron chi connectivity index (χ4n) is 3.32. The van der Waals surface area contributed by atoms with Gasteiger partial charge in [0.25, 0.3) is 11.8 Å². The normalized spacial score (nSPS) is 11.3. The Morgan fingerprint density at radius 1 is 0.824 bits per heavy atom. The van der Waals surface area contributed by atoms with Crippen LogP contribution in [0.3, 0.4) is 0 Å². The SMILES string of the molecule is CN(Cc1ccc(N(C)C)cc1)C(=O)COC(=O)C(NC(=O)c1ccccc1)c1ccccc1. The second-order valence-electron chi connectivity index (χ2n) is 8.10. The summed E-state index contributed by atoms with van der Waals surface area (Å²) in [6.07, 6.45) is 0. The molecule has 2 amide bonds. The van der Waals surface area contributed by atoms with Gasteiger partial charge in [0.2, 0.25) is 0 Å². The van der Waals surface area contributed by atoms with Gasteiger partial charge in [-0.05, 0) is 35.4 Å². The fraction of sp³-hybridized carbons (Fsp3) is 0.222. The maximum absolute atomic E-state index is 12.9. The molecule has 0 aromatic heterocycles. The first kappa shape index (κ1) is 24.5. The first-order chi connectivity index (χ1) is 16.3. The first-order valence-electron chi connectivity index (χ1n) is 10.9. The number of rotatable bonds is 9. The highest BCUT2D eigenvalue weighted by atomic mass is 16.5. The highest BCUT2D eigenvalue weighted by molar-refractivity contribution is 5.97. The van der Waals surface area contributed by atoms with E-state index >= 15 is 0 Å². The van der Waals surface area contributed by atoms with E-state index in [-0.39, 0.29) is 5.91 Å². The Morgan fingerprint density at radius 3 is 2.00 bits per heavy atom. The van der Waals surface area contributed by atoms with Crippen molar-refractivity contribution in [3.05, 3.63) is 102 Å².